The number of imidazole rings is 1. The smallest absolute Gasteiger partial charge is 0.359 e. The molecule has 2 atom stereocenters. The number of esters is 1. The fraction of sp³-hybridized carbons (Fsp3) is 0.368. The predicted molar refractivity (Wildman–Crippen MR) is 99.6 cm³/mol. The molecule has 0 saturated carbocycles. The largest absolute Gasteiger partial charge is 0.477 e. The normalized spacial score (nSPS) is 12.8. The SMILES string of the molecule is COC(=O)[C@H](Cc1cnc[nH]1)NC(=O)C[NH+](CCc1ccccc1)CC(=O)O. The summed E-state index contributed by atoms with van der Waals surface area (Å²) in [5, 5.41) is 11.8. The number of aromatic nitrogens is 2. The van der Waals surface area contributed by atoms with Gasteiger partial charge in [0.1, 0.15) is 6.04 Å². The first-order valence-corrected chi connectivity index (χ1v) is 8.91. The predicted octanol–water partition coefficient (Wildman–Crippen LogP) is -1.18. The van der Waals surface area contributed by atoms with Crippen LogP contribution in [0.15, 0.2) is 42.9 Å². The number of aromatic amines is 1. The van der Waals surface area contributed by atoms with Crippen LogP contribution < -0.4 is 10.2 Å². The van der Waals surface area contributed by atoms with Gasteiger partial charge >= 0.3 is 11.9 Å². The summed E-state index contributed by atoms with van der Waals surface area (Å²) in [7, 11) is 1.25. The first-order chi connectivity index (χ1) is 13.5. The van der Waals surface area contributed by atoms with E-state index < -0.39 is 23.9 Å². The molecule has 0 radical (unpaired) electrons. The second-order valence-electron chi connectivity index (χ2n) is 6.41. The quantitative estimate of drug-likeness (QED) is 0.359. The van der Waals surface area contributed by atoms with Gasteiger partial charge in [0.15, 0.2) is 13.1 Å². The van der Waals surface area contributed by atoms with Gasteiger partial charge in [-0.05, 0) is 5.56 Å². The molecule has 0 aliphatic heterocycles. The van der Waals surface area contributed by atoms with Gasteiger partial charge in [-0.1, -0.05) is 30.3 Å². The first kappa shape index (κ1) is 21.1. The summed E-state index contributed by atoms with van der Waals surface area (Å²) in [6, 6.07) is 8.76. The van der Waals surface area contributed by atoms with Gasteiger partial charge in [-0.2, -0.15) is 0 Å². The molecule has 150 valence electrons. The number of nitrogens with one attached hydrogen (secondary N) is 3. The van der Waals surface area contributed by atoms with Crippen LogP contribution in [-0.4, -0.2) is 65.7 Å². The van der Waals surface area contributed by atoms with E-state index in [1.54, 1.807) is 6.20 Å². The van der Waals surface area contributed by atoms with Gasteiger partial charge < -0.3 is 25.0 Å². The number of quaternary nitrogens is 1. The fourth-order valence-electron chi connectivity index (χ4n) is 2.84. The maximum atomic E-state index is 12.4. The molecule has 9 heteroatoms. The molecule has 9 nitrogen and oxygen atoms in total. The highest BCUT2D eigenvalue weighted by atomic mass is 16.5. The van der Waals surface area contributed by atoms with Crippen molar-refractivity contribution in [1.82, 2.24) is 15.3 Å². The van der Waals surface area contributed by atoms with E-state index in [2.05, 4.69) is 15.3 Å². The highest BCUT2D eigenvalue weighted by molar-refractivity contribution is 5.85. The number of ether oxygens (including phenoxy) is 1. The first-order valence-electron chi connectivity index (χ1n) is 8.91. The molecule has 1 aromatic carbocycles. The van der Waals surface area contributed by atoms with Crippen molar-refractivity contribution in [3.63, 3.8) is 0 Å². The number of hydrogen-bond donors (Lipinski definition) is 4. The second-order valence-corrected chi connectivity index (χ2v) is 6.41. The van der Waals surface area contributed by atoms with E-state index in [0.29, 0.717) is 23.6 Å². The highest BCUT2D eigenvalue weighted by Gasteiger charge is 2.25. The monoisotopic (exact) mass is 389 g/mol. The number of H-pyrrole nitrogens is 1. The fourth-order valence-corrected chi connectivity index (χ4v) is 2.84. The zero-order valence-corrected chi connectivity index (χ0v) is 15.7. The van der Waals surface area contributed by atoms with Crippen LogP contribution >= 0.6 is 0 Å². The van der Waals surface area contributed by atoms with Crippen molar-refractivity contribution in [2.75, 3.05) is 26.7 Å². The zero-order chi connectivity index (χ0) is 20.4. The summed E-state index contributed by atoms with van der Waals surface area (Å²) in [5.41, 5.74) is 1.74. The summed E-state index contributed by atoms with van der Waals surface area (Å²) in [4.78, 5) is 42.9. The highest BCUT2D eigenvalue weighted by Crippen LogP contribution is 2.00. The number of carboxylic acids is 1. The molecule has 4 N–H and O–H groups in total. The molecule has 1 aromatic heterocycles. The average molecular weight is 389 g/mol. The van der Waals surface area contributed by atoms with Gasteiger partial charge in [0, 0.05) is 24.7 Å². The van der Waals surface area contributed by atoms with Crippen LogP contribution in [0.4, 0.5) is 0 Å². The third-order valence-electron chi connectivity index (χ3n) is 4.22. The third kappa shape index (κ3) is 7.20. The van der Waals surface area contributed by atoms with Gasteiger partial charge in [-0.25, -0.2) is 14.6 Å². The molecule has 28 heavy (non-hydrogen) atoms. The summed E-state index contributed by atoms with van der Waals surface area (Å²) in [6.45, 7) is 0.229. The lowest BCUT2D eigenvalue weighted by Gasteiger charge is -2.20. The summed E-state index contributed by atoms with van der Waals surface area (Å²) < 4.78 is 4.75. The molecule has 0 bridgehead atoms. The van der Waals surface area contributed by atoms with Crippen molar-refractivity contribution in [3.05, 3.63) is 54.1 Å². The number of amides is 1. The summed E-state index contributed by atoms with van der Waals surface area (Å²) in [5.74, 6) is -1.98. The van der Waals surface area contributed by atoms with Crippen LogP contribution in [0.25, 0.3) is 0 Å². The Balaban J connectivity index is 1.95. The van der Waals surface area contributed by atoms with Crippen molar-refractivity contribution in [2.45, 2.75) is 18.9 Å². The van der Waals surface area contributed by atoms with Crippen molar-refractivity contribution >= 4 is 17.8 Å². The Labute approximate surface area is 162 Å². The molecular formula is C19H25N4O5+. The number of aliphatic carboxylic acids is 1. The van der Waals surface area contributed by atoms with E-state index in [4.69, 9.17) is 9.84 Å². The van der Waals surface area contributed by atoms with E-state index in [0.717, 1.165) is 5.56 Å². The van der Waals surface area contributed by atoms with Gasteiger partial charge in [-0.3, -0.25) is 4.79 Å². The van der Waals surface area contributed by atoms with E-state index in [-0.39, 0.29) is 19.5 Å². The zero-order valence-electron chi connectivity index (χ0n) is 15.7. The van der Waals surface area contributed by atoms with Crippen LogP contribution in [-0.2, 0) is 32.0 Å². The Bertz CT molecular complexity index is 764. The summed E-state index contributed by atoms with van der Waals surface area (Å²) >= 11 is 0. The van der Waals surface area contributed by atoms with Crippen molar-refractivity contribution in [1.29, 1.82) is 0 Å². The molecule has 2 rings (SSSR count). The third-order valence-corrected chi connectivity index (χ3v) is 4.22. The van der Waals surface area contributed by atoms with Gasteiger partial charge in [-0.15, -0.1) is 0 Å². The van der Waals surface area contributed by atoms with E-state index in [9.17, 15) is 14.4 Å². The molecule has 0 aliphatic rings. The standard InChI is InChI=1S/C19H24N4O5/c1-28-19(27)16(9-15-10-20-13-21-15)22-17(24)11-23(12-18(25)26)8-7-14-5-3-2-4-6-14/h2-6,10,13,16H,7-9,11-12H2,1H3,(H,20,21)(H,22,24)(H,25,26)/p+1/t16-/m0/s1. The Kier molecular flexibility index (Phi) is 8.16. The van der Waals surface area contributed by atoms with Gasteiger partial charge in [0.05, 0.1) is 20.0 Å². The van der Waals surface area contributed by atoms with Crippen LogP contribution in [0.1, 0.15) is 11.3 Å². The van der Waals surface area contributed by atoms with Crippen molar-refractivity contribution in [2.24, 2.45) is 0 Å². The van der Waals surface area contributed by atoms with Crippen LogP contribution in [0.3, 0.4) is 0 Å². The molecule has 1 heterocycles. The Morgan fingerprint density at radius 2 is 2.00 bits per heavy atom. The minimum absolute atomic E-state index is 0.0599. The lowest BCUT2D eigenvalue weighted by atomic mass is 10.1. The molecule has 0 fully saturated rings. The Morgan fingerprint density at radius 3 is 2.61 bits per heavy atom. The maximum absolute atomic E-state index is 12.4. The number of nitrogens with zero attached hydrogens (tertiary/aromatic N) is 1. The lowest BCUT2D eigenvalue weighted by Crippen LogP contribution is -3.14. The van der Waals surface area contributed by atoms with E-state index in [1.165, 1.54) is 13.4 Å². The summed E-state index contributed by atoms with van der Waals surface area (Å²) in [6.07, 6.45) is 3.89. The van der Waals surface area contributed by atoms with Crippen molar-refractivity contribution in [3.8, 4) is 0 Å². The average Bonchev–Trinajstić information content (AvgIpc) is 3.18. The maximum Gasteiger partial charge on any atom is 0.359 e. The molecule has 1 amide bonds. The number of hydrogen-bond acceptors (Lipinski definition) is 5. The molecular weight excluding hydrogens is 364 g/mol. The van der Waals surface area contributed by atoms with Crippen LogP contribution in [0, 0.1) is 0 Å². The molecule has 0 spiro atoms. The number of carbonyl (C=O) groups excluding carboxylic acids is 2. The number of benzene rings is 1. The molecule has 0 saturated heterocycles. The number of methoxy groups -OCH3 is 1. The molecule has 1 unspecified atom stereocenters. The second kappa shape index (κ2) is 10.8. The van der Waals surface area contributed by atoms with Crippen molar-refractivity contribution < 1.29 is 29.1 Å². The van der Waals surface area contributed by atoms with Crippen LogP contribution in [0.2, 0.25) is 0 Å². The van der Waals surface area contributed by atoms with E-state index >= 15 is 0 Å². The number of carboxylic acid groups (broad SMARTS) is 1. The van der Waals surface area contributed by atoms with E-state index in [1.807, 2.05) is 30.3 Å². The Morgan fingerprint density at radius 1 is 1.25 bits per heavy atom. The number of rotatable bonds is 11. The minimum Gasteiger partial charge on any atom is -0.477 e. The van der Waals surface area contributed by atoms with Gasteiger partial charge in [0.25, 0.3) is 5.91 Å². The minimum atomic E-state index is -0.988. The number of carbonyl (C=O) groups is 3. The molecule has 0 aliphatic carbocycles. The lowest BCUT2D eigenvalue weighted by molar-refractivity contribution is -0.884. The Hall–Kier alpha value is -3.20. The van der Waals surface area contributed by atoms with Gasteiger partial charge in [0.2, 0.25) is 0 Å². The van der Waals surface area contributed by atoms with Crippen LogP contribution in [0.5, 0.6) is 0 Å². The topological polar surface area (TPSA) is 126 Å². The molecule has 2 aromatic rings.